The molecule has 1 aromatic heterocycles. The lowest BCUT2D eigenvalue weighted by molar-refractivity contribution is 0.101. The first kappa shape index (κ1) is 14.4. The molecule has 0 saturated heterocycles. The molecule has 0 aliphatic carbocycles. The van der Waals surface area contributed by atoms with Crippen molar-refractivity contribution in [3.8, 4) is 0 Å². The van der Waals surface area contributed by atoms with Crippen LogP contribution in [-0.2, 0) is 10.8 Å². The van der Waals surface area contributed by atoms with Crippen LogP contribution in [0.2, 0.25) is 6.32 Å². The summed E-state index contributed by atoms with van der Waals surface area (Å²) in [5.41, 5.74) is 0.978. The average molecular weight is 249 g/mol. The van der Waals surface area contributed by atoms with E-state index in [0.29, 0.717) is 5.01 Å². The van der Waals surface area contributed by atoms with Crippen LogP contribution >= 0.6 is 11.3 Å². The summed E-state index contributed by atoms with van der Waals surface area (Å²) in [6.07, 6.45) is 0.0285. The lowest BCUT2D eigenvalue weighted by Gasteiger charge is -2.24. The quantitative estimate of drug-likeness (QED) is 0.593. The van der Waals surface area contributed by atoms with Crippen LogP contribution in [0.5, 0.6) is 0 Å². The fourth-order valence-corrected chi connectivity index (χ4v) is 2.83. The van der Waals surface area contributed by atoms with Crippen LogP contribution < -0.4 is 0 Å². The summed E-state index contributed by atoms with van der Waals surface area (Å²) in [4.78, 5) is 17.3. The van der Waals surface area contributed by atoms with Crippen LogP contribution in [0.3, 0.4) is 0 Å². The fourth-order valence-electron chi connectivity index (χ4n) is 1.54. The molecule has 0 amide bonds. The van der Waals surface area contributed by atoms with Gasteiger partial charge in [0.15, 0.2) is 10.8 Å². The number of hydrogen-bond donors (Lipinski definition) is 0. The molecule has 1 rings (SSSR count). The molecule has 2 radical (unpaired) electrons. The molecule has 0 aliphatic heterocycles. The Morgan fingerprint density at radius 2 is 1.71 bits per heavy atom. The zero-order chi connectivity index (χ0) is 13.4. The molecule has 0 spiro atoms. The predicted octanol–water partition coefficient (Wildman–Crippen LogP) is 3.51. The van der Waals surface area contributed by atoms with E-state index in [1.54, 1.807) is 0 Å². The fraction of sp³-hybridized carbons (Fsp3) is 0.692. The van der Waals surface area contributed by atoms with Crippen molar-refractivity contribution in [2.24, 2.45) is 0 Å². The second kappa shape index (κ2) is 4.56. The Morgan fingerprint density at radius 1 is 1.18 bits per heavy atom. The van der Waals surface area contributed by atoms with Crippen molar-refractivity contribution < 1.29 is 4.79 Å². The van der Waals surface area contributed by atoms with Gasteiger partial charge in [0.25, 0.3) is 0 Å². The number of carbonyl (C=O) groups excluding carboxylic acids is 1. The van der Waals surface area contributed by atoms with Gasteiger partial charge in [0, 0.05) is 10.3 Å². The highest BCUT2D eigenvalue weighted by Crippen LogP contribution is 2.37. The van der Waals surface area contributed by atoms with Crippen LogP contribution in [0.1, 0.15) is 61.9 Å². The van der Waals surface area contributed by atoms with E-state index in [2.05, 4.69) is 46.5 Å². The third-order valence-electron chi connectivity index (χ3n) is 2.44. The summed E-state index contributed by atoms with van der Waals surface area (Å²) in [6.45, 7) is 12.8. The predicted molar refractivity (Wildman–Crippen MR) is 74.4 cm³/mol. The monoisotopic (exact) mass is 249 g/mol. The summed E-state index contributed by atoms with van der Waals surface area (Å²) in [6, 6.07) is 0. The maximum Gasteiger partial charge on any atom is 0.182 e. The van der Waals surface area contributed by atoms with E-state index in [4.69, 9.17) is 7.85 Å². The normalized spacial score (nSPS) is 12.8. The van der Waals surface area contributed by atoms with Crippen molar-refractivity contribution in [1.82, 2.24) is 4.98 Å². The van der Waals surface area contributed by atoms with Gasteiger partial charge in [-0.25, -0.2) is 4.98 Å². The van der Waals surface area contributed by atoms with Crippen LogP contribution in [-0.4, -0.2) is 18.6 Å². The van der Waals surface area contributed by atoms with Crippen molar-refractivity contribution in [2.75, 3.05) is 0 Å². The summed E-state index contributed by atoms with van der Waals surface area (Å²) in [7, 11) is 5.40. The highest BCUT2D eigenvalue weighted by molar-refractivity contribution is 7.14. The first-order valence-corrected chi connectivity index (χ1v) is 6.64. The van der Waals surface area contributed by atoms with Crippen LogP contribution in [0.25, 0.3) is 0 Å². The molecule has 0 saturated carbocycles. The van der Waals surface area contributed by atoms with E-state index in [1.165, 1.54) is 16.2 Å². The van der Waals surface area contributed by atoms with E-state index in [9.17, 15) is 4.79 Å². The maximum atomic E-state index is 11.7. The minimum Gasteiger partial charge on any atom is -0.292 e. The van der Waals surface area contributed by atoms with Gasteiger partial charge in [0.05, 0.1) is 13.5 Å². The molecule has 2 nitrogen and oxygen atoms in total. The molecular weight excluding hydrogens is 229 g/mol. The number of rotatable bonds is 2. The molecule has 0 N–H and O–H groups in total. The van der Waals surface area contributed by atoms with Crippen molar-refractivity contribution >= 4 is 25.0 Å². The van der Waals surface area contributed by atoms with Crippen LogP contribution in [0.15, 0.2) is 0 Å². The van der Waals surface area contributed by atoms with E-state index in [0.717, 1.165) is 5.69 Å². The second-order valence-corrected chi connectivity index (χ2v) is 7.32. The van der Waals surface area contributed by atoms with Gasteiger partial charge in [-0.15, -0.1) is 11.3 Å². The topological polar surface area (TPSA) is 30.0 Å². The van der Waals surface area contributed by atoms with Gasteiger partial charge in [-0.3, -0.25) is 4.79 Å². The van der Waals surface area contributed by atoms with Crippen LogP contribution in [0, 0.1) is 0 Å². The number of thiazole rings is 1. The van der Waals surface area contributed by atoms with E-state index in [-0.39, 0.29) is 22.9 Å². The Balaban J connectivity index is 3.38. The minimum absolute atomic E-state index is 0.00735. The Kier molecular flexibility index (Phi) is 3.87. The van der Waals surface area contributed by atoms with Gasteiger partial charge >= 0.3 is 0 Å². The van der Waals surface area contributed by atoms with E-state index >= 15 is 0 Å². The lowest BCUT2D eigenvalue weighted by Crippen LogP contribution is -2.20. The Labute approximate surface area is 109 Å². The molecule has 0 atom stereocenters. The Hall–Kier alpha value is -0.635. The van der Waals surface area contributed by atoms with Crippen molar-refractivity contribution in [3.05, 3.63) is 15.6 Å². The minimum atomic E-state index is -0.0731. The van der Waals surface area contributed by atoms with Crippen molar-refractivity contribution in [3.63, 3.8) is 0 Å². The van der Waals surface area contributed by atoms with Gasteiger partial charge in [-0.1, -0.05) is 41.5 Å². The molecule has 0 aliphatic rings. The van der Waals surface area contributed by atoms with Crippen molar-refractivity contribution in [1.29, 1.82) is 0 Å². The number of hydrogen-bond acceptors (Lipinski definition) is 3. The average Bonchev–Trinajstić information content (AvgIpc) is 2.59. The largest absolute Gasteiger partial charge is 0.292 e. The Morgan fingerprint density at radius 3 is 2.00 bits per heavy atom. The summed E-state index contributed by atoms with van der Waals surface area (Å²) in [5.74, 6) is -0.0731. The van der Waals surface area contributed by atoms with Gasteiger partial charge in [-0.2, -0.15) is 0 Å². The highest BCUT2D eigenvalue weighted by Gasteiger charge is 2.30. The van der Waals surface area contributed by atoms with Gasteiger partial charge in [0.1, 0.15) is 0 Å². The van der Waals surface area contributed by atoms with Gasteiger partial charge in [-0.05, 0) is 11.7 Å². The Bertz CT molecular complexity index is 392. The molecule has 92 valence electrons. The second-order valence-electron chi connectivity index (χ2n) is 6.32. The zero-order valence-electron chi connectivity index (χ0n) is 11.5. The summed E-state index contributed by atoms with van der Waals surface area (Å²) in [5, 5.41) is 0.544. The lowest BCUT2D eigenvalue weighted by atomic mass is 9.84. The number of nitrogens with zero attached hydrogens (tertiary/aromatic N) is 1. The molecule has 0 unspecified atom stereocenters. The number of Topliss-reactive ketones (excluding diaryl/α,β-unsaturated/α-hetero) is 1. The maximum absolute atomic E-state index is 11.7. The molecule has 0 bridgehead atoms. The smallest absolute Gasteiger partial charge is 0.182 e. The van der Waals surface area contributed by atoms with E-state index in [1.807, 2.05) is 0 Å². The molecule has 17 heavy (non-hydrogen) atoms. The van der Waals surface area contributed by atoms with Crippen LogP contribution in [0.4, 0.5) is 0 Å². The summed E-state index contributed by atoms with van der Waals surface area (Å²) >= 11 is 1.49. The molecule has 0 aromatic carbocycles. The number of aromatic nitrogens is 1. The van der Waals surface area contributed by atoms with Gasteiger partial charge < -0.3 is 0 Å². The molecule has 1 aromatic rings. The third kappa shape index (κ3) is 3.18. The van der Waals surface area contributed by atoms with Crippen molar-refractivity contribution in [2.45, 2.75) is 58.7 Å². The highest BCUT2D eigenvalue weighted by atomic mass is 32.1. The SMILES string of the molecule is [B]CC(=O)c1nc(C(C)(C)C)c(C(C)(C)C)s1. The zero-order valence-corrected chi connectivity index (χ0v) is 12.4. The standard InChI is InChI=1S/C13H20BNOS/c1-12(2,3)9-10(13(4,5)6)17-11(15-9)8(16)7-14/h7H2,1-6H3. The molecule has 4 heteroatoms. The third-order valence-corrected chi connectivity index (χ3v) is 3.96. The van der Waals surface area contributed by atoms with E-state index < -0.39 is 0 Å². The number of ketones is 1. The number of carbonyl (C=O) groups is 1. The summed E-state index contributed by atoms with van der Waals surface area (Å²) < 4.78 is 0. The molecular formula is C13H20BNOS. The molecule has 0 fully saturated rings. The first-order chi connectivity index (χ1) is 7.57. The van der Waals surface area contributed by atoms with Gasteiger partial charge in [0.2, 0.25) is 0 Å². The molecule has 1 heterocycles. The first-order valence-electron chi connectivity index (χ1n) is 5.82.